The van der Waals surface area contributed by atoms with E-state index in [2.05, 4.69) is 10.1 Å². The first-order valence-corrected chi connectivity index (χ1v) is 6.78. The van der Waals surface area contributed by atoms with Crippen molar-refractivity contribution in [3.05, 3.63) is 23.4 Å². The Morgan fingerprint density at radius 3 is 3.22 bits per heavy atom. The standard InChI is InChI=1S/C12H13N3O2S/c1-8(16)15-6-2-4-9(15)12-13-11(14-17-12)10-5-3-7-18-10/h3,5,7,9H,2,4,6H2,1H3/t9-/m0/s1. The topological polar surface area (TPSA) is 59.2 Å². The highest BCUT2D eigenvalue weighted by atomic mass is 32.1. The van der Waals surface area contributed by atoms with Crippen LogP contribution in [0.4, 0.5) is 0 Å². The Labute approximate surface area is 108 Å². The molecule has 6 heteroatoms. The summed E-state index contributed by atoms with van der Waals surface area (Å²) in [4.78, 5) is 18.7. The van der Waals surface area contributed by atoms with E-state index in [0.29, 0.717) is 11.7 Å². The van der Waals surface area contributed by atoms with E-state index in [4.69, 9.17) is 4.52 Å². The molecule has 0 saturated carbocycles. The zero-order valence-corrected chi connectivity index (χ0v) is 10.8. The molecule has 0 unspecified atom stereocenters. The first-order valence-electron chi connectivity index (χ1n) is 5.90. The number of carbonyl (C=O) groups excluding carboxylic acids is 1. The third-order valence-electron chi connectivity index (χ3n) is 3.13. The van der Waals surface area contributed by atoms with Gasteiger partial charge in [-0.1, -0.05) is 11.2 Å². The summed E-state index contributed by atoms with van der Waals surface area (Å²) in [5.41, 5.74) is 0. The summed E-state index contributed by atoms with van der Waals surface area (Å²) in [5, 5.41) is 5.96. The Hall–Kier alpha value is -1.69. The summed E-state index contributed by atoms with van der Waals surface area (Å²) >= 11 is 1.57. The van der Waals surface area contributed by atoms with Gasteiger partial charge in [-0.3, -0.25) is 4.79 Å². The molecule has 2 aromatic heterocycles. The van der Waals surface area contributed by atoms with Gasteiger partial charge in [0.1, 0.15) is 6.04 Å². The van der Waals surface area contributed by atoms with Crippen LogP contribution in [0.5, 0.6) is 0 Å². The largest absolute Gasteiger partial charge is 0.337 e. The van der Waals surface area contributed by atoms with Gasteiger partial charge in [0.25, 0.3) is 0 Å². The van der Waals surface area contributed by atoms with Gasteiger partial charge in [-0.15, -0.1) is 11.3 Å². The molecule has 18 heavy (non-hydrogen) atoms. The maximum Gasteiger partial charge on any atom is 0.249 e. The van der Waals surface area contributed by atoms with E-state index >= 15 is 0 Å². The Morgan fingerprint density at radius 1 is 1.61 bits per heavy atom. The highest BCUT2D eigenvalue weighted by Gasteiger charge is 2.32. The lowest BCUT2D eigenvalue weighted by molar-refractivity contribution is -0.130. The van der Waals surface area contributed by atoms with Crippen LogP contribution in [0.25, 0.3) is 10.7 Å². The average Bonchev–Trinajstić information content (AvgIpc) is 3.10. The van der Waals surface area contributed by atoms with E-state index in [-0.39, 0.29) is 11.9 Å². The predicted octanol–water partition coefficient (Wildman–Crippen LogP) is 2.48. The summed E-state index contributed by atoms with van der Waals surface area (Å²) < 4.78 is 5.30. The van der Waals surface area contributed by atoms with Crippen molar-refractivity contribution in [1.82, 2.24) is 15.0 Å². The van der Waals surface area contributed by atoms with Crippen LogP contribution in [0, 0.1) is 0 Å². The molecule has 1 fully saturated rings. The van der Waals surface area contributed by atoms with E-state index in [1.54, 1.807) is 23.2 Å². The summed E-state index contributed by atoms with van der Waals surface area (Å²) in [5.74, 6) is 1.22. The number of nitrogens with zero attached hydrogens (tertiary/aromatic N) is 3. The molecule has 1 atom stereocenters. The molecule has 94 valence electrons. The van der Waals surface area contributed by atoms with Crippen LogP contribution in [0.15, 0.2) is 22.0 Å². The van der Waals surface area contributed by atoms with Crippen LogP contribution in [-0.4, -0.2) is 27.5 Å². The fraction of sp³-hybridized carbons (Fsp3) is 0.417. The second-order valence-electron chi connectivity index (χ2n) is 4.30. The first kappa shape index (κ1) is 11.4. The molecule has 0 spiro atoms. The molecule has 5 nitrogen and oxygen atoms in total. The zero-order valence-electron chi connectivity index (χ0n) is 10.00. The zero-order chi connectivity index (χ0) is 12.5. The SMILES string of the molecule is CC(=O)N1CCC[C@H]1c1nc(-c2cccs2)no1. The van der Waals surface area contributed by atoms with Crippen LogP contribution < -0.4 is 0 Å². The van der Waals surface area contributed by atoms with Crippen LogP contribution >= 0.6 is 11.3 Å². The maximum atomic E-state index is 11.5. The maximum absolute atomic E-state index is 11.5. The van der Waals surface area contributed by atoms with E-state index in [1.165, 1.54) is 0 Å². The fourth-order valence-corrected chi connectivity index (χ4v) is 2.93. The molecular formula is C12H13N3O2S. The lowest BCUT2D eigenvalue weighted by Gasteiger charge is -2.19. The molecule has 3 heterocycles. The van der Waals surface area contributed by atoms with Crippen LogP contribution in [-0.2, 0) is 4.79 Å². The monoisotopic (exact) mass is 263 g/mol. The normalized spacial score (nSPS) is 19.4. The highest BCUT2D eigenvalue weighted by Crippen LogP contribution is 2.32. The lowest BCUT2D eigenvalue weighted by atomic mass is 10.2. The molecule has 0 aliphatic carbocycles. The number of rotatable bonds is 2. The van der Waals surface area contributed by atoms with Crippen LogP contribution in [0.1, 0.15) is 31.7 Å². The third kappa shape index (κ3) is 1.92. The molecule has 1 amide bonds. The lowest BCUT2D eigenvalue weighted by Crippen LogP contribution is -2.28. The molecular weight excluding hydrogens is 250 g/mol. The van der Waals surface area contributed by atoms with E-state index in [1.807, 2.05) is 17.5 Å². The molecule has 0 aromatic carbocycles. The van der Waals surface area contributed by atoms with E-state index < -0.39 is 0 Å². The summed E-state index contributed by atoms with van der Waals surface area (Å²) in [6, 6.07) is 3.85. The predicted molar refractivity (Wildman–Crippen MR) is 67.0 cm³/mol. The third-order valence-corrected chi connectivity index (χ3v) is 3.99. The first-order chi connectivity index (χ1) is 8.75. The number of hydrogen-bond donors (Lipinski definition) is 0. The number of aromatic nitrogens is 2. The molecule has 0 radical (unpaired) electrons. The van der Waals surface area contributed by atoms with Gasteiger partial charge >= 0.3 is 0 Å². The molecule has 2 aromatic rings. The molecule has 1 aliphatic heterocycles. The highest BCUT2D eigenvalue weighted by molar-refractivity contribution is 7.13. The quantitative estimate of drug-likeness (QED) is 0.835. The van der Waals surface area contributed by atoms with Crippen molar-refractivity contribution < 1.29 is 9.32 Å². The molecule has 3 rings (SSSR count). The average molecular weight is 263 g/mol. The summed E-state index contributed by atoms with van der Waals surface area (Å²) in [6.07, 6.45) is 1.88. The van der Waals surface area contributed by atoms with Gasteiger partial charge < -0.3 is 9.42 Å². The van der Waals surface area contributed by atoms with E-state index in [9.17, 15) is 4.79 Å². The van der Waals surface area contributed by atoms with E-state index in [0.717, 1.165) is 24.3 Å². The van der Waals surface area contributed by atoms with Gasteiger partial charge in [0.05, 0.1) is 4.88 Å². The number of carbonyl (C=O) groups is 1. The van der Waals surface area contributed by atoms with Gasteiger partial charge in [-0.05, 0) is 24.3 Å². The van der Waals surface area contributed by atoms with Crippen molar-refractivity contribution in [2.24, 2.45) is 0 Å². The number of thiophene rings is 1. The number of likely N-dealkylation sites (tertiary alicyclic amines) is 1. The molecule has 0 bridgehead atoms. The minimum absolute atomic E-state index is 0.0521. The molecule has 1 saturated heterocycles. The second-order valence-corrected chi connectivity index (χ2v) is 5.25. The van der Waals surface area contributed by atoms with Gasteiger partial charge in [0.2, 0.25) is 17.6 Å². The van der Waals surface area contributed by atoms with Gasteiger partial charge in [0, 0.05) is 13.5 Å². The smallest absolute Gasteiger partial charge is 0.249 e. The van der Waals surface area contributed by atoms with Crippen LogP contribution in [0.3, 0.4) is 0 Å². The Balaban J connectivity index is 1.87. The van der Waals surface area contributed by atoms with Crippen molar-refractivity contribution in [3.63, 3.8) is 0 Å². The number of amides is 1. The Kier molecular flexibility index (Phi) is 2.87. The summed E-state index contributed by atoms with van der Waals surface area (Å²) in [7, 11) is 0. The van der Waals surface area contributed by atoms with Crippen LogP contribution in [0.2, 0.25) is 0 Å². The molecule has 1 aliphatic rings. The van der Waals surface area contributed by atoms with Crippen molar-refractivity contribution in [2.45, 2.75) is 25.8 Å². The number of hydrogen-bond acceptors (Lipinski definition) is 5. The van der Waals surface area contributed by atoms with Crippen molar-refractivity contribution in [3.8, 4) is 10.7 Å². The second kappa shape index (κ2) is 4.53. The summed E-state index contributed by atoms with van der Waals surface area (Å²) in [6.45, 7) is 2.35. The van der Waals surface area contributed by atoms with Crippen molar-refractivity contribution >= 4 is 17.2 Å². The molecule has 0 N–H and O–H groups in total. The minimum atomic E-state index is -0.0521. The Bertz CT molecular complexity index is 549. The van der Waals surface area contributed by atoms with Crippen molar-refractivity contribution in [1.29, 1.82) is 0 Å². The van der Waals surface area contributed by atoms with Gasteiger partial charge in [0.15, 0.2) is 0 Å². The van der Waals surface area contributed by atoms with Crippen molar-refractivity contribution in [2.75, 3.05) is 6.54 Å². The van der Waals surface area contributed by atoms with Gasteiger partial charge in [-0.25, -0.2) is 0 Å². The minimum Gasteiger partial charge on any atom is -0.337 e. The fourth-order valence-electron chi connectivity index (χ4n) is 2.28. The Morgan fingerprint density at radius 2 is 2.50 bits per heavy atom. The van der Waals surface area contributed by atoms with Gasteiger partial charge in [-0.2, -0.15) is 4.98 Å².